The van der Waals surface area contributed by atoms with Gasteiger partial charge in [0, 0.05) is 6.61 Å². The lowest BCUT2D eigenvalue weighted by molar-refractivity contribution is -0.174. The van der Waals surface area contributed by atoms with E-state index in [-0.39, 0.29) is 13.0 Å². The summed E-state index contributed by atoms with van der Waals surface area (Å²) in [5.41, 5.74) is 0. The number of nitrogens with zero attached hydrogens (tertiary/aromatic N) is 1. The second-order valence-electron chi connectivity index (χ2n) is 2.70. The minimum atomic E-state index is -4.29. The second-order valence-corrected chi connectivity index (χ2v) is 2.70. The molecule has 3 nitrogen and oxygen atoms in total. The standard InChI is InChI=1S/C8H13F3N2O/c1-2-13-7(5-12)3-4-14-6-8(9,10)11/h7,13H,2-4,6H2,1H3. The molecular weight excluding hydrogens is 197 g/mol. The van der Waals surface area contributed by atoms with Crippen molar-refractivity contribution in [2.24, 2.45) is 0 Å². The largest absolute Gasteiger partial charge is 0.411 e. The fourth-order valence-electron chi connectivity index (χ4n) is 0.848. The van der Waals surface area contributed by atoms with Crippen LogP contribution in [0.25, 0.3) is 0 Å². The van der Waals surface area contributed by atoms with Crippen molar-refractivity contribution in [3.8, 4) is 6.07 Å². The van der Waals surface area contributed by atoms with Crippen LogP contribution in [0.5, 0.6) is 0 Å². The Kier molecular flexibility index (Phi) is 6.25. The van der Waals surface area contributed by atoms with Crippen molar-refractivity contribution in [1.29, 1.82) is 5.26 Å². The van der Waals surface area contributed by atoms with Crippen LogP contribution in [0.2, 0.25) is 0 Å². The second kappa shape index (κ2) is 6.62. The van der Waals surface area contributed by atoms with Crippen LogP contribution in [0.15, 0.2) is 0 Å². The molecule has 0 heterocycles. The number of nitrogens with one attached hydrogen (secondary N) is 1. The topological polar surface area (TPSA) is 45.0 Å². The Morgan fingerprint density at radius 1 is 1.50 bits per heavy atom. The normalized spacial score (nSPS) is 13.6. The minimum absolute atomic E-state index is 0.0647. The number of alkyl halides is 3. The molecule has 0 aromatic heterocycles. The van der Waals surface area contributed by atoms with Crippen LogP contribution >= 0.6 is 0 Å². The van der Waals surface area contributed by atoms with Crippen molar-refractivity contribution in [3.05, 3.63) is 0 Å². The molecule has 1 atom stereocenters. The fourth-order valence-corrected chi connectivity index (χ4v) is 0.848. The SMILES string of the molecule is CCNC(C#N)CCOCC(F)(F)F. The summed E-state index contributed by atoms with van der Waals surface area (Å²) in [6, 6.07) is 1.49. The van der Waals surface area contributed by atoms with Gasteiger partial charge in [0.1, 0.15) is 6.61 Å². The molecule has 0 spiro atoms. The van der Waals surface area contributed by atoms with Gasteiger partial charge in [0.15, 0.2) is 0 Å². The Morgan fingerprint density at radius 3 is 2.57 bits per heavy atom. The van der Waals surface area contributed by atoms with E-state index in [1.54, 1.807) is 0 Å². The number of hydrogen-bond donors (Lipinski definition) is 1. The van der Waals surface area contributed by atoms with Gasteiger partial charge in [-0.25, -0.2) is 0 Å². The molecule has 6 heteroatoms. The molecular formula is C8H13F3N2O. The Hall–Kier alpha value is -0.800. The molecule has 0 aliphatic carbocycles. The Bertz CT molecular complexity index is 188. The van der Waals surface area contributed by atoms with Gasteiger partial charge in [-0.1, -0.05) is 6.92 Å². The molecule has 1 unspecified atom stereocenters. The summed E-state index contributed by atoms with van der Waals surface area (Å²) in [7, 11) is 0. The van der Waals surface area contributed by atoms with E-state index in [1.165, 1.54) is 0 Å². The summed E-state index contributed by atoms with van der Waals surface area (Å²) in [5, 5.41) is 11.3. The molecule has 1 N–H and O–H groups in total. The van der Waals surface area contributed by atoms with Gasteiger partial charge in [0.05, 0.1) is 12.1 Å². The molecule has 0 aliphatic heterocycles. The maximum absolute atomic E-state index is 11.6. The van der Waals surface area contributed by atoms with Crippen LogP contribution in [-0.2, 0) is 4.74 Å². The van der Waals surface area contributed by atoms with E-state index in [0.717, 1.165) is 0 Å². The van der Waals surface area contributed by atoms with Crippen LogP contribution in [0.3, 0.4) is 0 Å². The van der Waals surface area contributed by atoms with Crippen LogP contribution in [0.1, 0.15) is 13.3 Å². The van der Waals surface area contributed by atoms with Crippen molar-refractivity contribution < 1.29 is 17.9 Å². The third-order valence-corrected chi connectivity index (χ3v) is 1.42. The van der Waals surface area contributed by atoms with E-state index in [0.29, 0.717) is 6.54 Å². The zero-order valence-corrected chi connectivity index (χ0v) is 7.90. The fraction of sp³-hybridized carbons (Fsp3) is 0.875. The summed E-state index contributed by atoms with van der Waals surface area (Å²) in [6.45, 7) is 1.11. The predicted octanol–water partition coefficient (Wildman–Crippen LogP) is 1.46. The lowest BCUT2D eigenvalue weighted by atomic mass is 10.2. The van der Waals surface area contributed by atoms with Crippen molar-refractivity contribution >= 4 is 0 Å². The first-order valence-corrected chi connectivity index (χ1v) is 4.27. The van der Waals surface area contributed by atoms with E-state index in [9.17, 15) is 13.2 Å². The number of nitriles is 1. The highest BCUT2D eigenvalue weighted by Crippen LogP contribution is 2.14. The highest BCUT2D eigenvalue weighted by Gasteiger charge is 2.27. The number of rotatable bonds is 6. The van der Waals surface area contributed by atoms with Crippen LogP contribution in [-0.4, -0.2) is 32.0 Å². The molecule has 0 aromatic rings. The molecule has 0 bridgehead atoms. The lowest BCUT2D eigenvalue weighted by Crippen LogP contribution is -2.29. The number of halogens is 3. The smallest absolute Gasteiger partial charge is 0.372 e. The van der Waals surface area contributed by atoms with E-state index in [1.807, 2.05) is 13.0 Å². The molecule has 0 fully saturated rings. The predicted molar refractivity (Wildman–Crippen MR) is 44.6 cm³/mol. The average Bonchev–Trinajstić information content (AvgIpc) is 2.08. The van der Waals surface area contributed by atoms with Crippen LogP contribution < -0.4 is 5.32 Å². The van der Waals surface area contributed by atoms with Crippen molar-refractivity contribution in [2.75, 3.05) is 19.8 Å². The van der Waals surface area contributed by atoms with Gasteiger partial charge in [0.2, 0.25) is 0 Å². The maximum atomic E-state index is 11.6. The van der Waals surface area contributed by atoms with Gasteiger partial charge in [-0.3, -0.25) is 0 Å². The van der Waals surface area contributed by atoms with Gasteiger partial charge in [-0.2, -0.15) is 18.4 Å². The minimum Gasteiger partial charge on any atom is -0.372 e. The molecule has 0 rings (SSSR count). The van der Waals surface area contributed by atoms with E-state index in [2.05, 4.69) is 10.1 Å². The summed E-state index contributed by atoms with van der Waals surface area (Å²) in [6.07, 6.45) is -4.03. The highest BCUT2D eigenvalue weighted by molar-refractivity contribution is 4.88. The van der Waals surface area contributed by atoms with Crippen molar-refractivity contribution in [1.82, 2.24) is 5.32 Å². The first kappa shape index (κ1) is 13.2. The lowest BCUT2D eigenvalue weighted by Gasteiger charge is -2.10. The Labute approximate surface area is 80.8 Å². The average molecular weight is 210 g/mol. The molecule has 0 amide bonds. The molecule has 14 heavy (non-hydrogen) atoms. The summed E-state index contributed by atoms with van der Waals surface area (Å²) >= 11 is 0. The molecule has 0 saturated carbocycles. The van der Waals surface area contributed by atoms with Crippen LogP contribution in [0, 0.1) is 11.3 Å². The van der Waals surface area contributed by atoms with Crippen LogP contribution in [0.4, 0.5) is 13.2 Å². The first-order valence-electron chi connectivity index (χ1n) is 4.27. The van der Waals surface area contributed by atoms with Gasteiger partial charge in [-0.05, 0) is 13.0 Å². The molecule has 0 aliphatic rings. The van der Waals surface area contributed by atoms with E-state index in [4.69, 9.17) is 5.26 Å². The van der Waals surface area contributed by atoms with Gasteiger partial charge in [-0.15, -0.1) is 0 Å². The molecule has 0 saturated heterocycles. The summed E-state index contributed by atoms with van der Waals surface area (Å²) in [4.78, 5) is 0. The quantitative estimate of drug-likeness (QED) is 0.675. The molecule has 0 radical (unpaired) electrons. The third kappa shape index (κ3) is 7.83. The zero-order valence-electron chi connectivity index (χ0n) is 7.90. The first-order chi connectivity index (χ1) is 6.49. The monoisotopic (exact) mass is 210 g/mol. The zero-order chi connectivity index (χ0) is 11.0. The van der Waals surface area contributed by atoms with Crippen molar-refractivity contribution in [2.45, 2.75) is 25.6 Å². The van der Waals surface area contributed by atoms with Gasteiger partial charge in [0.25, 0.3) is 0 Å². The number of hydrogen-bond acceptors (Lipinski definition) is 3. The maximum Gasteiger partial charge on any atom is 0.411 e. The molecule has 82 valence electrons. The number of ether oxygens (including phenoxy) is 1. The Balaban J connectivity index is 3.48. The van der Waals surface area contributed by atoms with Crippen molar-refractivity contribution in [3.63, 3.8) is 0 Å². The summed E-state index contributed by atoms with van der Waals surface area (Å²) < 4.78 is 39.2. The van der Waals surface area contributed by atoms with Gasteiger partial charge < -0.3 is 10.1 Å². The van der Waals surface area contributed by atoms with E-state index < -0.39 is 18.8 Å². The van der Waals surface area contributed by atoms with Gasteiger partial charge >= 0.3 is 6.18 Å². The molecule has 0 aromatic carbocycles. The van der Waals surface area contributed by atoms with E-state index >= 15 is 0 Å². The highest BCUT2D eigenvalue weighted by atomic mass is 19.4. The third-order valence-electron chi connectivity index (χ3n) is 1.42. The summed E-state index contributed by atoms with van der Waals surface area (Å²) in [5.74, 6) is 0. The Morgan fingerprint density at radius 2 is 2.14 bits per heavy atom.